The van der Waals surface area contributed by atoms with Crippen LogP contribution in [0.2, 0.25) is 5.02 Å². The van der Waals surface area contributed by atoms with Crippen LogP contribution < -0.4 is 14.4 Å². The zero-order valence-corrected chi connectivity index (χ0v) is 15.5. The second kappa shape index (κ2) is 8.33. The number of halogens is 1. The second-order valence-corrected chi connectivity index (χ2v) is 7.43. The number of amides is 1. The van der Waals surface area contributed by atoms with E-state index in [1.54, 1.807) is 36.4 Å². The van der Waals surface area contributed by atoms with Gasteiger partial charge in [-0.1, -0.05) is 23.7 Å². The lowest BCUT2D eigenvalue weighted by Gasteiger charge is -2.22. The minimum atomic E-state index is -3.70. The Bertz CT molecular complexity index is 855. The van der Waals surface area contributed by atoms with E-state index in [0.29, 0.717) is 16.5 Å². The summed E-state index contributed by atoms with van der Waals surface area (Å²) in [4.78, 5) is 13.5. The first-order valence-electron chi connectivity index (χ1n) is 7.51. The van der Waals surface area contributed by atoms with Crippen molar-refractivity contribution in [3.05, 3.63) is 53.6 Å². The third-order valence-corrected chi connectivity index (χ3v) is 5.17. The Hall–Kier alpha value is -2.09. The van der Waals surface area contributed by atoms with E-state index in [-0.39, 0.29) is 23.9 Å². The number of methoxy groups -OCH3 is 1. The van der Waals surface area contributed by atoms with E-state index in [9.17, 15) is 13.2 Å². The summed E-state index contributed by atoms with van der Waals surface area (Å²) in [6.45, 7) is 1.67. The molecule has 0 bridgehead atoms. The van der Waals surface area contributed by atoms with Crippen molar-refractivity contribution >= 4 is 33.2 Å². The minimum absolute atomic E-state index is 0.0611. The van der Waals surface area contributed by atoms with Crippen molar-refractivity contribution in [2.24, 2.45) is 0 Å². The van der Waals surface area contributed by atoms with Crippen LogP contribution in [0.1, 0.15) is 6.92 Å². The average molecular weight is 383 g/mol. The van der Waals surface area contributed by atoms with Gasteiger partial charge in [0.15, 0.2) is 0 Å². The van der Waals surface area contributed by atoms with Gasteiger partial charge < -0.3 is 9.64 Å². The maximum Gasteiger partial charge on any atom is 0.240 e. The largest absolute Gasteiger partial charge is 0.497 e. The van der Waals surface area contributed by atoms with Gasteiger partial charge in [-0.05, 0) is 30.3 Å². The van der Waals surface area contributed by atoms with E-state index in [1.165, 1.54) is 31.1 Å². The van der Waals surface area contributed by atoms with Gasteiger partial charge in [-0.2, -0.15) is 0 Å². The first-order valence-corrected chi connectivity index (χ1v) is 9.37. The molecule has 0 saturated heterocycles. The van der Waals surface area contributed by atoms with Crippen molar-refractivity contribution in [3.63, 3.8) is 0 Å². The number of ether oxygens (including phenoxy) is 1. The molecule has 0 radical (unpaired) electrons. The number of hydrogen-bond donors (Lipinski definition) is 1. The summed E-state index contributed by atoms with van der Waals surface area (Å²) in [7, 11) is -2.16. The molecule has 0 saturated carbocycles. The molecule has 1 amide bonds. The monoisotopic (exact) mass is 382 g/mol. The predicted molar refractivity (Wildman–Crippen MR) is 97.7 cm³/mol. The maximum absolute atomic E-state index is 12.3. The highest BCUT2D eigenvalue weighted by Gasteiger charge is 2.16. The molecule has 2 rings (SSSR count). The van der Waals surface area contributed by atoms with E-state index < -0.39 is 10.0 Å². The number of nitrogens with zero attached hydrogens (tertiary/aromatic N) is 1. The third kappa shape index (κ3) is 5.19. The molecule has 0 heterocycles. The molecule has 8 heteroatoms. The SMILES string of the molecule is COc1cccc(N(CCNS(=O)(=O)c2cccc(Cl)c2)C(C)=O)c1. The second-order valence-electron chi connectivity index (χ2n) is 5.23. The molecule has 0 atom stereocenters. The molecule has 0 aromatic heterocycles. The average Bonchev–Trinajstić information content (AvgIpc) is 2.58. The lowest BCUT2D eigenvalue weighted by atomic mass is 10.2. The summed E-state index contributed by atoms with van der Waals surface area (Å²) in [5.74, 6) is 0.415. The molecule has 0 unspecified atom stereocenters. The van der Waals surface area contributed by atoms with E-state index in [2.05, 4.69) is 4.72 Å². The normalized spacial score (nSPS) is 11.2. The Morgan fingerprint density at radius 2 is 1.92 bits per heavy atom. The van der Waals surface area contributed by atoms with Crippen molar-refractivity contribution < 1.29 is 17.9 Å². The van der Waals surface area contributed by atoms with Crippen LogP contribution in [0.4, 0.5) is 5.69 Å². The number of anilines is 1. The van der Waals surface area contributed by atoms with Crippen LogP contribution in [-0.4, -0.2) is 34.5 Å². The summed E-state index contributed by atoms with van der Waals surface area (Å²) < 4.78 is 32.2. The summed E-state index contributed by atoms with van der Waals surface area (Å²) in [5, 5.41) is 0.338. The Labute approximate surface area is 152 Å². The Balaban J connectivity index is 2.08. The van der Waals surface area contributed by atoms with Gasteiger partial charge in [0.05, 0.1) is 12.0 Å². The fourth-order valence-electron chi connectivity index (χ4n) is 2.26. The molecule has 134 valence electrons. The highest BCUT2D eigenvalue weighted by Crippen LogP contribution is 2.21. The first kappa shape index (κ1) is 19.2. The molecule has 0 aliphatic rings. The van der Waals surface area contributed by atoms with E-state index in [4.69, 9.17) is 16.3 Å². The van der Waals surface area contributed by atoms with Crippen molar-refractivity contribution in [2.45, 2.75) is 11.8 Å². The van der Waals surface area contributed by atoms with Gasteiger partial charge in [0.25, 0.3) is 0 Å². The first-order chi connectivity index (χ1) is 11.8. The highest BCUT2D eigenvalue weighted by atomic mass is 35.5. The van der Waals surface area contributed by atoms with Gasteiger partial charge in [-0.15, -0.1) is 0 Å². The van der Waals surface area contributed by atoms with E-state index in [0.717, 1.165) is 0 Å². The lowest BCUT2D eigenvalue weighted by molar-refractivity contribution is -0.116. The van der Waals surface area contributed by atoms with Crippen LogP contribution in [-0.2, 0) is 14.8 Å². The minimum Gasteiger partial charge on any atom is -0.497 e. The van der Waals surface area contributed by atoms with E-state index >= 15 is 0 Å². The van der Waals surface area contributed by atoms with Gasteiger partial charge in [0.2, 0.25) is 15.9 Å². The predicted octanol–water partition coefficient (Wildman–Crippen LogP) is 2.68. The fraction of sp³-hybridized carbons (Fsp3) is 0.235. The molecule has 25 heavy (non-hydrogen) atoms. The molecule has 6 nitrogen and oxygen atoms in total. The fourth-order valence-corrected chi connectivity index (χ4v) is 3.58. The molecule has 0 aliphatic heterocycles. The summed E-state index contributed by atoms with van der Waals surface area (Å²) >= 11 is 5.83. The van der Waals surface area contributed by atoms with Crippen LogP contribution in [0.5, 0.6) is 5.75 Å². The molecular formula is C17H19ClN2O4S. The Morgan fingerprint density at radius 1 is 1.20 bits per heavy atom. The maximum atomic E-state index is 12.3. The van der Waals surface area contributed by atoms with Crippen LogP contribution in [0.15, 0.2) is 53.4 Å². The van der Waals surface area contributed by atoms with Crippen LogP contribution >= 0.6 is 11.6 Å². The van der Waals surface area contributed by atoms with Crippen LogP contribution in [0, 0.1) is 0 Å². The van der Waals surface area contributed by atoms with Crippen LogP contribution in [0.25, 0.3) is 0 Å². The van der Waals surface area contributed by atoms with Crippen molar-refractivity contribution in [2.75, 3.05) is 25.1 Å². The molecule has 2 aromatic rings. The van der Waals surface area contributed by atoms with Crippen molar-refractivity contribution in [1.82, 2.24) is 4.72 Å². The van der Waals surface area contributed by atoms with Crippen LogP contribution in [0.3, 0.4) is 0 Å². The number of rotatable bonds is 7. The van der Waals surface area contributed by atoms with Gasteiger partial charge >= 0.3 is 0 Å². The van der Waals surface area contributed by atoms with Gasteiger partial charge in [-0.25, -0.2) is 13.1 Å². The number of benzene rings is 2. The van der Waals surface area contributed by atoms with Gasteiger partial charge in [0.1, 0.15) is 5.75 Å². The number of carbonyl (C=O) groups is 1. The zero-order valence-electron chi connectivity index (χ0n) is 13.9. The summed E-state index contributed by atoms with van der Waals surface area (Å²) in [5.41, 5.74) is 0.633. The lowest BCUT2D eigenvalue weighted by Crippen LogP contribution is -2.37. The smallest absolute Gasteiger partial charge is 0.240 e. The Morgan fingerprint density at radius 3 is 2.56 bits per heavy atom. The highest BCUT2D eigenvalue weighted by molar-refractivity contribution is 7.89. The molecule has 2 aromatic carbocycles. The number of carbonyl (C=O) groups excluding carboxylic acids is 1. The van der Waals surface area contributed by atoms with Gasteiger partial charge in [0, 0.05) is 36.8 Å². The number of hydrogen-bond acceptors (Lipinski definition) is 4. The van der Waals surface area contributed by atoms with Crippen molar-refractivity contribution in [3.8, 4) is 5.75 Å². The molecule has 0 aliphatic carbocycles. The molecular weight excluding hydrogens is 364 g/mol. The quantitative estimate of drug-likeness (QED) is 0.798. The molecule has 0 spiro atoms. The molecule has 0 fully saturated rings. The Kier molecular flexibility index (Phi) is 6.41. The zero-order chi connectivity index (χ0) is 18.4. The number of sulfonamides is 1. The third-order valence-electron chi connectivity index (χ3n) is 3.48. The number of nitrogens with one attached hydrogen (secondary N) is 1. The topological polar surface area (TPSA) is 75.7 Å². The molecule has 1 N–H and O–H groups in total. The van der Waals surface area contributed by atoms with E-state index in [1.807, 2.05) is 0 Å². The summed E-state index contributed by atoms with van der Waals surface area (Å²) in [6, 6.07) is 13.0. The van der Waals surface area contributed by atoms with Gasteiger partial charge in [-0.3, -0.25) is 4.79 Å². The summed E-state index contributed by atoms with van der Waals surface area (Å²) in [6.07, 6.45) is 0. The standard InChI is InChI=1S/C17H19ClN2O4S/c1-13(21)20(15-6-4-7-16(12-15)24-2)10-9-19-25(22,23)17-8-3-5-14(18)11-17/h3-8,11-12,19H,9-10H2,1-2H3. The van der Waals surface area contributed by atoms with Crippen molar-refractivity contribution in [1.29, 1.82) is 0 Å².